The summed E-state index contributed by atoms with van der Waals surface area (Å²) >= 11 is 3.35. The average Bonchev–Trinajstić information content (AvgIpc) is 2.54. The van der Waals surface area contributed by atoms with Gasteiger partial charge in [-0.1, -0.05) is 35.0 Å². The Hall–Kier alpha value is -1.89. The van der Waals surface area contributed by atoms with Gasteiger partial charge in [0, 0.05) is 16.9 Å². The fraction of sp³-hybridized carbons (Fsp3) is 0.471. The molecule has 0 aliphatic carbocycles. The lowest BCUT2D eigenvalue weighted by Gasteiger charge is -2.24. The molecular formula is C17H22BrNO5. The molecule has 0 bridgehead atoms. The summed E-state index contributed by atoms with van der Waals surface area (Å²) < 4.78 is 5.43. The van der Waals surface area contributed by atoms with E-state index in [0.29, 0.717) is 12.8 Å². The van der Waals surface area contributed by atoms with E-state index in [-0.39, 0.29) is 18.7 Å². The van der Waals surface area contributed by atoms with Gasteiger partial charge in [0.15, 0.2) is 0 Å². The van der Waals surface area contributed by atoms with Crippen LogP contribution in [-0.4, -0.2) is 36.1 Å². The first-order valence-electron chi connectivity index (χ1n) is 7.70. The van der Waals surface area contributed by atoms with E-state index in [1.165, 1.54) is 7.11 Å². The van der Waals surface area contributed by atoms with Gasteiger partial charge >= 0.3 is 11.9 Å². The Morgan fingerprint density at radius 3 is 2.33 bits per heavy atom. The van der Waals surface area contributed by atoms with Gasteiger partial charge in [0.05, 0.1) is 19.4 Å². The van der Waals surface area contributed by atoms with Crippen molar-refractivity contribution in [1.82, 2.24) is 5.32 Å². The highest BCUT2D eigenvalue weighted by molar-refractivity contribution is 9.10. The number of carbonyl (C=O) groups excluding carboxylic acids is 2. The highest BCUT2D eigenvalue weighted by Gasteiger charge is 2.28. The number of carbonyl (C=O) groups is 3. The van der Waals surface area contributed by atoms with Crippen LogP contribution >= 0.6 is 15.9 Å². The van der Waals surface area contributed by atoms with Gasteiger partial charge in [0.2, 0.25) is 5.91 Å². The molecule has 2 atom stereocenters. The highest BCUT2D eigenvalue weighted by atomic mass is 79.9. The van der Waals surface area contributed by atoms with Crippen molar-refractivity contribution >= 4 is 33.8 Å². The molecule has 0 spiro atoms. The van der Waals surface area contributed by atoms with E-state index in [4.69, 9.17) is 0 Å². The van der Waals surface area contributed by atoms with Crippen LogP contribution < -0.4 is 5.32 Å². The van der Waals surface area contributed by atoms with Crippen molar-refractivity contribution in [3.8, 4) is 0 Å². The number of aliphatic carboxylic acids is 1. The smallest absolute Gasteiger partial charge is 0.308 e. The van der Waals surface area contributed by atoms with Crippen LogP contribution in [0.3, 0.4) is 0 Å². The van der Waals surface area contributed by atoms with Crippen molar-refractivity contribution in [2.24, 2.45) is 5.92 Å². The molecule has 0 heterocycles. The minimum atomic E-state index is -0.951. The van der Waals surface area contributed by atoms with Crippen molar-refractivity contribution < 1.29 is 24.2 Å². The van der Waals surface area contributed by atoms with Crippen molar-refractivity contribution in [1.29, 1.82) is 0 Å². The molecule has 0 fully saturated rings. The monoisotopic (exact) mass is 399 g/mol. The Morgan fingerprint density at radius 1 is 1.21 bits per heavy atom. The first kappa shape index (κ1) is 20.2. The second kappa shape index (κ2) is 10.1. The van der Waals surface area contributed by atoms with Crippen molar-refractivity contribution in [2.45, 2.75) is 38.6 Å². The summed E-state index contributed by atoms with van der Waals surface area (Å²) in [6.07, 6.45) is 0.743. The number of hydrogen-bond donors (Lipinski definition) is 2. The zero-order valence-corrected chi connectivity index (χ0v) is 15.3. The normalized spacial score (nSPS) is 13.0. The molecule has 0 aliphatic heterocycles. The van der Waals surface area contributed by atoms with Crippen molar-refractivity contribution in [3.63, 3.8) is 0 Å². The van der Waals surface area contributed by atoms with Gasteiger partial charge in [0.1, 0.15) is 0 Å². The van der Waals surface area contributed by atoms with E-state index in [2.05, 4.69) is 26.0 Å². The molecule has 2 N–H and O–H groups in total. The van der Waals surface area contributed by atoms with E-state index in [1.807, 2.05) is 24.3 Å². The molecule has 24 heavy (non-hydrogen) atoms. The van der Waals surface area contributed by atoms with E-state index < -0.39 is 23.9 Å². The molecule has 1 unspecified atom stereocenters. The average molecular weight is 400 g/mol. The molecule has 1 aromatic carbocycles. The number of rotatable bonds is 9. The molecule has 132 valence electrons. The zero-order valence-electron chi connectivity index (χ0n) is 13.8. The molecule has 0 saturated carbocycles. The lowest BCUT2D eigenvalue weighted by molar-refractivity contribution is -0.144. The number of ether oxygens (including phenoxy) is 1. The van der Waals surface area contributed by atoms with Gasteiger partial charge in [-0.05, 0) is 30.5 Å². The van der Waals surface area contributed by atoms with Crippen LogP contribution in [-0.2, 0) is 25.5 Å². The van der Waals surface area contributed by atoms with Crippen molar-refractivity contribution in [2.75, 3.05) is 7.11 Å². The van der Waals surface area contributed by atoms with Crippen LogP contribution in [0.4, 0.5) is 0 Å². The van der Waals surface area contributed by atoms with E-state index in [1.54, 1.807) is 6.92 Å². The number of carboxylic acids is 1. The number of halogens is 1. The molecular weight excluding hydrogens is 378 g/mol. The largest absolute Gasteiger partial charge is 0.481 e. The third-order valence-electron chi connectivity index (χ3n) is 3.74. The van der Waals surface area contributed by atoms with Crippen LogP contribution in [0.2, 0.25) is 0 Å². The fourth-order valence-corrected chi connectivity index (χ4v) is 2.66. The standard InChI is InChI=1S/C17H22BrNO5/c1-3-13(17(22)23)14(10-11-4-6-12(18)7-5-11)19-15(20)8-9-16(21)24-2/h4-7,13-14H,3,8-10H2,1-2H3,(H,19,20)(H,22,23)/t13-,14?/m1/s1. The molecule has 1 rings (SSSR count). The lowest BCUT2D eigenvalue weighted by atomic mass is 9.91. The molecule has 1 aromatic rings. The Morgan fingerprint density at radius 2 is 1.83 bits per heavy atom. The predicted molar refractivity (Wildman–Crippen MR) is 92.4 cm³/mol. The van der Waals surface area contributed by atoms with Crippen LogP contribution in [0, 0.1) is 5.92 Å². The first-order chi connectivity index (χ1) is 11.4. The Balaban J connectivity index is 2.80. The van der Waals surface area contributed by atoms with Crippen LogP contribution in [0.1, 0.15) is 31.7 Å². The third kappa shape index (κ3) is 6.70. The zero-order chi connectivity index (χ0) is 18.1. The third-order valence-corrected chi connectivity index (χ3v) is 4.27. The van der Waals surface area contributed by atoms with Gasteiger partial charge in [-0.2, -0.15) is 0 Å². The van der Waals surface area contributed by atoms with Gasteiger partial charge in [0.25, 0.3) is 0 Å². The summed E-state index contributed by atoms with van der Waals surface area (Å²) in [5.41, 5.74) is 0.927. The second-order valence-electron chi connectivity index (χ2n) is 5.43. The Kier molecular flexibility index (Phi) is 8.46. The van der Waals surface area contributed by atoms with Crippen molar-refractivity contribution in [3.05, 3.63) is 34.3 Å². The summed E-state index contributed by atoms with van der Waals surface area (Å²) in [7, 11) is 1.26. The maximum atomic E-state index is 12.0. The number of methoxy groups -OCH3 is 1. The Labute approximate surface area is 149 Å². The summed E-state index contributed by atoms with van der Waals surface area (Å²) in [6, 6.07) is 6.96. The van der Waals surface area contributed by atoms with Crippen LogP contribution in [0.5, 0.6) is 0 Å². The van der Waals surface area contributed by atoms with Crippen LogP contribution in [0.15, 0.2) is 28.7 Å². The minimum absolute atomic E-state index is 0.0282. The van der Waals surface area contributed by atoms with E-state index in [9.17, 15) is 19.5 Å². The van der Waals surface area contributed by atoms with E-state index >= 15 is 0 Å². The maximum Gasteiger partial charge on any atom is 0.308 e. The number of benzene rings is 1. The van der Waals surface area contributed by atoms with Gasteiger partial charge in [-0.3, -0.25) is 14.4 Å². The molecule has 0 saturated heterocycles. The minimum Gasteiger partial charge on any atom is -0.481 e. The highest BCUT2D eigenvalue weighted by Crippen LogP contribution is 2.17. The van der Waals surface area contributed by atoms with Gasteiger partial charge in [-0.15, -0.1) is 0 Å². The van der Waals surface area contributed by atoms with E-state index in [0.717, 1.165) is 10.0 Å². The van der Waals surface area contributed by atoms with Gasteiger partial charge < -0.3 is 15.2 Å². The fourth-order valence-electron chi connectivity index (χ4n) is 2.40. The second-order valence-corrected chi connectivity index (χ2v) is 6.35. The SMILES string of the molecule is CC[C@@H](C(=O)O)C(Cc1ccc(Br)cc1)NC(=O)CCC(=O)OC. The molecule has 0 aliphatic rings. The quantitative estimate of drug-likeness (QED) is 0.622. The summed E-state index contributed by atoms with van der Waals surface area (Å²) in [4.78, 5) is 34.6. The lowest BCUT2D eigenvalue weighted by Crippen LogP contribution is -2.44. The number of hydrogen-bond acceptors (Lipinski definition) is 4. The summed E-state index contributed by atoms with van der Waals surface area (Å²) in [5.74, 6) is -2.48. The maximum absolute atomic E-state index is 12.0. The summed E-state index contributed by atoms with van der Waals surface area (Å²) in [6.45, 7) is 1.77. The number of esters is 1. The first-order valence-corrected chi connectivity index (χ1v) is 8.50. The topological polar surface area (TPSA) is 92.7 Å². The number of nitrogens with one attached hydrogen (secondary N) is 1. The molecule has 6 nitrogen and oxygen atoms in total. The molecule has 7 heteroatoms. The number of carboxylic acid groups (broad SMARTS) is 1. The molecule has 0 radical (unpaired) electrons. The molecule has 1 amide bonds. The Bertz CT molecular complexity index is 573. The van der Waals surface area contributed by atoms with Crippen LogP contribution in [0.25, 0.3) is 0 Å². The summed E-state index contributed by atoms with van der Waals surface area (Å²) in [5, 5.41) is 12.2. The number of amides is 1. The molecule has 0 aromatic heterocycles. The van der Waals surface area contributed by atoms with Gasteiger partial charge in [-0.25, -0.2) is 0 Å². The predicted octanol–water partition coefficient (Wildman–Crippen LogP) is 2.54.